The summed E-state index contributed by atoms with van der Waals surface area (Å²) in [5.41, 5.74) is 4.91. The first-order valence-corrected chi connectivity index (χ1v) is 12.8. The number of amides is 1. The van der Waals surface area contributed by atoms with Gasteiger partial charge in [0.25, 0.3) is 10.1 Å². The Morgan fingerprint density at radius 3 is 2.69 bits per heavy atom. The monoisotopic (exact) mass is 455 g/mol. The average molecular weight is 456 g/mol. The summed E-state index contributed by atoms with van der Waals surface area (Å²) in [5, 5.41) is 3.03. The topological polar surface area (TPSA) is 81.7 Å². The van der Waals surface area contributed by atoms with Gasteiger partial charge in [0.1, 0.15) is 0 Å². The summed E-state index contributed by atoms with van der Waals surface area (Å²) in [6.45, 7) is 2.65. The van der Waals surface area contributed by atoms with E-state index in [1.54, 1.807) is 24.3 Å². The molecule has 1 saturated carbocycles. The van der Waals surface area contributed by atoms with Crippen molar-refractivity contribution in [1.82, 2.24) is 5.32 Å². The van der Waals surface area contributed by atoms with Crippen molar-refractivity contribution in [3.63, 3.8) is 0 Å². The lowest BCUT2D eigenvalue weighted by molar-refractivity contribution is 0.0878. The molecule has 1 aliphatic heterocycles. The normalized spacial score (nSPS) is 27.2. The van der Waals surface area contributed by atoms with Gasteiger partial charge in [-0.3, -0.25) is 4.18 Å². The van der Waals surface area contributed by atoms with Crippen molar-refractivity contribution >= 4 is 16.2 Å². The van der Waals surface area contributed by atoms with Gasteiger partial charge in [-0.15, -0.1) is 0 Å². The van der Waals surface area contributed by atoms with Crippen LogP contribution in [-0.4, -0.2) is 33.8 Å². The summed E-state index contributed by atoms with van der Waals surface area (Å²) in [6.07, 6.45) is 4.46. The Morgan fingerprint density at radius 2 is 1.88 bits per heavy atom. The first-order chi connectivity index (χ1) is 15.4. The van der Waals surface area contributed by atoms with Crippen molar-refractivity contribution < 1.29 is 22.1 Å². The van der Waals surface area contributed by atoms with E-state index in [1.165, 1.54) is 16.7 Å². The number of fused-ring (bicyclic) bond motifs is 2. The highest BCUT2D eigenvalue weighted by molar-refractivity contribution is 7.86. The first kappa shape index (κ1) is 21.5. The Kier molecular flexibility index (Phi) is 5.72. The molecule has 32 heavy (non-hydrogen) atoms. The Labute approximate surface area is 189 Å². The summed E-state index contributed by atoms with van der Waals surface area (Å²) in [4.78, 5) is 11.9. The van der Waals surface area contributed by atoms with Crippen molar-refractivity contribution in [2.75, 3.05) is 13.2 Å². The number of benzene rings is 2. The van der Waals surface area contributed by atoms with E-state index in [-0.39, 0.29) is 29.6 Å². The van der Waals surface area contributed by atoms with Gasteiger partial charge in [-0.2, -0.15) is 8.42 Å². The second kappa shape index (κ2) is 8.52. The molecule has 5 rings (SSSR count). The maximum Gasteiger partial charge on any atom is 0.407 e. The van der Waals surface area contributed by atoms with Crippen LogP contribution in [0.1, 0.15) is 47.4 Å². The summed E-state index contributed by atoms with van der Waals surface area (Å²) in [5.74, 6) is 0.906. The minimum absolute atomic E-state index is 0.158. The molecule has 0 aromatic heterocycles. The molecule has 1 N–H and O–H groups in total. The molecule has 2 fully saturated rings. The second-order valence-corrected chi connectivity index (χ2v) is 11.0. The largest absolute Gasteiger partial charge is 0.449 e. The molecule has 1 saturated heterocycles. The molecular formula is C25H29NO5S. The van der Waals surface area contributed by atoms with Crippen molar-refractivity contribution in [2.24, 2.45) is 11.8 Å². The summed E-state index contributed by atoms with van der Waals surface area (Å²) in [7, 11) is -3.73. The number of hydrogen-bond acceptors (Lipinski definition) is 5. The van der Waals surface area contributed by atoms with Crippen LogP contribution in [0, 0.1) is 18.8 Å². The third-order valence-corrected chi connectivity index (χ3v) is 8.56. The number of carbonyl (C=O) groups excluding carboxylic acids is 1. The van der Waals surface area contributed by atoms with Crippen molar-refractivity contribution in [1.29, 1.82) is 0 Å². The molecule has 4 atom stereocenters. The fourth-order valence-corrected chi connectivity index (χ4v) is 6.38. The van der Waals surface area contributed by atoms with E-state index < -0.39 is 10.1 Å². The Balaban J connectivity index is 1.23. The van der Waals surface area contributed by atoms with E-state index in [4.69, 9.17) is 8.92 Å². The molecule has 0 radical (unpaired) electrons. The SMILES string of the molecule is Cc1ccc(S(=O)(=O)OC[C@H]2CCc3cc([C@H]4CC[C@@H]5COC(=O)N[C@H]54)ccc3C2)cc1. The number of nitrogens with one attached hydrogen (secondary N) is 1. The van der Waals surface area contributed by atoms with E-state index in [9.17, 15) is 13.2 Å². The van der Waals surface area contributed by atoms with Gasteiger partial charge in [-0.25, -0.2) is 4.79 Å². The molecule has 2 aromatic rings. The van der Waals surface area contributed by atoms with Crippen LogP contribution in [0.15, 0.2) is 47.4 Å². The zero-order valence-corrected chi connectivity index (χ0v) is 19.1. The predicted molar refractivity (Wildman–Crippen MR) is 120 cm³/mol. The lowest BCUT2D eigenvalue weighted by atomic mass is 9.81. The standard InChI is InChI=1S/C25H29NO5S/c1-16-2-9-22(10-3-16)32(28,29)31-14-17-4-5-19-13-20(7-6-18(19)12-17)23-11-8-21-15-30-25(27)26-24(21)23/h2-3,6-7,9-10,13,17,21,23-24H,4-5,8,11-12,14-15H2,1H3,(H,26,27)/t17-,21+,23+,24+/m0/s1. The van der Waals surface area contributed by atoms with E-state index in [1.807, 2.05) is 6.92 Å². The summed E-state index contributed by atoms with van der Waals surface area (Å²) >= 11 is 0. The van der Waals surface area contributed by atoms with Crippen LogP contribution < -0.4 is 5.32 Å². The van der Waals surface area contributed by atoms with Crippen LogP contribution in [0.3, 0.4) is 0 Å². The lowest BCUT2D eigenvalue weighted by Gasteiger charge is -2.31. The van der Waals surface area contributed by atoms with Gasteiger partial charge in [0.05, 0.1) is 18.1 Å². The molecule has 1 amide bonds. The van der Waals surface area contributed by atoms with E-state index >= 15 is 0 Å². The molecule has 0 bridgehead atoms. The van der Waals surface area contributed by atoms with Gasteiger partial charge < -0.3 is 10.1 Å². The van der Waals surface area contributed by atoms with Crippen LogP contribution in [0.5, 0.6) is 0 Å². The van der Waals surface area contributed by atoms with Gasteiger partial charge >= 0.3 is 6.09 Å². The lowest BCUT2D eigenvalue weighted by Crippen LogP contribution is -2.47. The number of cyclic esters (lactones) is 1. The van der Waals surface area contributed by atoms with Gasteiger partial charge in [0.2, 0.25) is 0 Å². The Bertz CT molecular complexity index is 1110. The minimum Gasteiger partial charge on any atom is -0.449 e. The summed E-state index contributed by atoms with van der Waals surface area (Å²) in [6, 6.07) is 13.6. The van der Waals surface area contributed by atoms with Gasteiger partial charge in [-0.05, 0) is 73.8 Å². The molecular weight excluding hydrogens is 426 g/mol. The summed E-state index contributed by atoms with van der Waals surface area (Å²) < 4.78 is 35.6. The van der Waals surface area contributed by atoms with Crippen LogP contribution in [0.4, 0.5) is 4.79 Å². The highest BCUT2D eigenvalue weighted by atomic mass is 32.2. The Morgan fingerprint density at radius 1 is 1.06 bits per heavy atom. The zero-order chi connectivity index (χ0) is 22.3. The number of rotatable bonds is 5. The third kappa shape index (κ3) is 4.28. The van der Waals surface area contributed by atoms with Crippen LogP contribution >= 0.6 is 0 Å². The number of ether oxygens (including phenoxy) is 1. The maximum atomic E-state index is 12.5. The molecule has 2 aromatic carbocycles. The average Bonchev–Trinajstić information content (AvgIpc) is 3.20. The molecule has 0 spiro atoms. The van der Waals surface area contributed by atoms with Crippen LogP contribution in [0.25, 0.3) is 0 Å². The van der Waals surface area contributed by atoms with Gasteiger partial charge in [-0.1, -0.05) is 35.9 Å². The van der Waals surface area contributed by atoms with E-state index in [2.05, 4.69) is 23.5 Å². The third-order valence-electron chi connectivity index (χ3n) is 7.26. The number of carbonyl (C=O) groups is 1. The molecule has 0 unspecified atom stereocenters. The molecule has 170 valence electrons. The first-order valence-electron chi connectivity index (χ1n) is 11.4. The Hall–Kier alpha value is -2.38. The molecule has 7 heteroatoms. The van der Waals surface area contributed by atoms with Gasteiger partial charge in [0, 0.05) is 17.9 Å². The maximum absolute atomic E-state index is 12.5. The van der Waals surface area contributed by atoms with Crippen molar-refractivity contribution in [2.45, 2.75) is 55.9 Å². The zero-order valence-electron chi connectivity index (χ0n) is 18.3. The highest BCUT2D eigenvalue weighted by Gasteiger charge is 2.41. The number of hydrogen-bond donors (Lipinski definition) is 1. The number of aryl methyl sites for hydroxylation is 2. The molecule has 3 aliphatic rings. The van der Waals surface area contributed by atoms with Gasteiger partial charge in [0.15, 0.2) is 0 Å². The highest BCUT2D eigenvalue weighted by Crippen LogP contribution is 2.41. The van der Waals surface area contributed by atoms with Crippen LogP contribution in [0.2, 0.25) is 0 Å². The molecule has 6 nitrogen and oxygen atoms in total. The molecule has 1 heterocycles. The fraction of sp³-hybridized carbons (Fsp3) is 0.480. The second-order valence-electron chi connectivity index (χ2n) is 9.40. The fourth-order valence-electron chi connectivity index (χ4n) is 5.40. The van der Waals surface area contributed by atoms with Crippen molar-refractivity contribution in [3.05, 3.63) is 64.7 Å². The number of alkyl carbamates (subject to hydrolysis) is 1. The van der Waals surface area contributed by atoms with E-state index in [0.717, 1.165) is 37.7 Å². The predicted octanol–water partition coefficient (Wildman–Crippen LogP) is 4.11. The quantitative estimate of drug-likeness (QED) is 0.687. The minimum atomic E-state index is -3.73. The smallest absolute Gasteiger partial charge is 0.407 e. The van der Waals surface area contributed by atoms with Crippen molar-refractivity contribution in [3.8, 4) is 0 Å². The van der Waals surface area contributed by atoms with Crippen LogP contribution in [-0.2, 0) is 31.9 Å². The molecule has 2 aliphatic carbocycles. The van der Waals surface area contributed by atoms with E-state index in [0.29, 0.717) is 18.4 Å².